The number of ether oxygens (including phenoxy) is 1. The largest absolute Gasteiger partial charge is 0.496 e. The predicted octanol–water partition coefficient (Wildman–Crippen LogP) is 4.49. The second-order valence-electron chi connectivity index (χ2n) is 4.96. The van der Waals surface area contributed by atoms with Crippen LogP contribution in [0.4, 0.5) is 5.69 Å². The van der Waals surface area contributed by atoms with Crippen molar-refractivity contribution in [2.45, 2.75) is 26.8 Å². The predicted molar refractivity (Wildman–Crippen MR) is 80.9 cm³/mol. The molecule has 0 aliphatic heterocycles. The Morgan fingerprint density at radius 2 is 1.68 bits per heavy atom. The van der Waals surface area contributed by atoms with Gasteiger partial charge >= 0.3 is 0 Å². The lowest BCUT2D eigenvalue weighted by molar-refractivity contribution is 0.412. The second-order valence-corrected chi connectivity index (χ2v) is 4.96. The van der Waals surface area contributed by atoms with E-state index in [2.05, 4.69) is 62.5 Å². The van der Waals surface area contributed by atoms with Crippen LogP contribution < -0.4 is 10.1 Å². The molecule has 0 saturated heterocycles. The molecule has 100 valence electrons. The normalized spacial score (nSPS) is 12.0. The third kappa shape index (κ3) is 3.28. The highest BCUT2D eigenvalue weighted by atomic mass is 16.5. The third-order valence-corrected chi connectivity index (χ3v) is 3.36. The van der Waals surface area contributed by atoms with Crippen LogP contribution in [0.1, 0.15) is 29.7 Å². The van der Waals surface area contributed by atoms with Crippen LogP contribution in [-0.2, 0) is 0 Å². The van der Waals surface area contributed by atoms with Crippen LogP contribution in [-0.4, -0.2) is 7.11 Å². The molecule has 1 N–H and O–H groups in total. The molecular formula is C17H21NO. The van der Waals surface area contributed by atoms with Crippen LogP contribution >= 0.6 is 0 Å². The summed E-state index contributed by atoms with van der Waals surface area (Å²) in [6.45, 7) is 6.33. The molecule has 0 aliphatic carbocycles. The minimum Gasteiger partial charge on any atom is -0.496 e. The number of methoxy groups -OCH3 is 1. The molecule has 2 nitrogen and oxygen atoms in total. The number of benzene rings is 2. The molecule has 2 aromatic carbocycles. The van der Waals surface area contributed by atoms with Crippen molar-refractivity contribution in [2.24, 2.45) is 0 Å². The molecular weight excluding hydrogens is 234 g/mol. The van der Waals surface area contributed by atoms with E-state index in [-0.39, 0.29) is 6.04 Å². The summed E-state index contributed by atoms with van der Waals surface area (Å²) in [5, 5.41) is 3.51. The van der Waals surface area contributed by atoms with Gasteiger partial charge in [0.25, 0.3) is 0 Å². The third-order valence-electron chi connectivity index (χ3n) is 3.36. The van der Waals surface area contributed by atoms with Gasteiger partial charge in [0, 0.05) is 11.7 Å². The van der Waals surface area contributed by atoms with Gasteiger partial charge in [-0.15, -0.1) is 0 Å². The van der Waals surface area contributed by atoms with E-state index >= 15 is 0 Å². The first kappa shape index (κ1) is 13.5. The van der Waals surface area contributed by atoms with E-state index in [1.54, 1.807) is 7.11 Å². The highest BCUT2D eigenvalue weighted by molar-refractivity contribution is 5.52. The van der Waals surface area contributed by atoms with Crippen LogP contribution in [0.2, 0.25) is 0 Å². The quantitative estimate of drug-likeness (QED) is 0.869. The minimum atomic E-state index is 0.286. The van der Waals surface area contributed by atoms with Crippen molar-refractivity contribution in [1.29, 1.82) is 0 Å². The minimum absolute atomic E-state index is 0.286. The van der Waals surface area contributed by atoms with Crippen molar-refractivity contribution < 1.29 is 4.74 Å². The van der Waals surface area contributed by atoms with Crippen molar-refractivity contribution in [2.75, 3.05) is 12.4 Å². The molecule has 0 spiro atoms. The smallest absolute Gasteiger partial charge is 0.121 e. The molecule has 0 saturated carbocycles. The van der Waals surface area contributed by atoms with Crippen LogP contribution in [0.25, 0.3) is 0 Å². The zero-order valence-corrected chi connectivity index (χ0v) is 12.0. The Morgan fingerprint density at radius 3 is 2.26 bits per heavy atom. The molecule has 2 rings (SSSR count). The Morgan fingerprint density at radius 1 is 1.00 bits per heavy atom. The van der Waals surface area contributed by atoms with Gasteiger partial charge in [-0.1, -0.05) is 29.8 Å². The zero-order valence-electron chi connectivity index (χ0n) is 12.0. The van der Waals surface area contributed by atoms with Gasteiger partial charge in [-0.05, 0) is 50.1 Å². The summed E-state index contributed by atoms with van der Waals surface area (Å²) in [6.07, 6.45) is 0. The molecule has 0 fully saturated rings. The van der Waals surface area contributed by atoms with E-state index in [0.717, 1.165) is 17.0 Å². The number of aryl methyl sites for hydroxylation is 2. The summed E-state index contributed by atoms with van der Waals surface area (Å²) in [5.74, 6) is 0.925. The van der Waals surface area contributed by atoms with Gasteiger partial charge in [0.1, 0.15) is 5.75 Å². The fourth-order valence-electron chi connectivity index (χ4n) is 2.16. The molecule has 1 unspecified atom stereocenters. The molecule has 0 heterocycles. The number of nitrogens with one attached hydrogen (secondary N) is 1. The summed E-state index contributed by atoms with van der Waals surface area (Å²) in [6, 6.07) is 15.1. The monoisotopic (exact) mass is 255 g/mol. The first-order chi connectivity index (χ1) is 9.10. The van der Waals surface area contributed by atoms with Crippen molar-refractivity contribution in [3.63, 3.8) is 0 Å². The highest BCUT2D eigenvalue weighted by Gasteiger charge is 2.06. The Balaban J connectivity index is 2.12. The van der Waals surface area contributed by atoms with E-state index in [1.165, 1.54) is 11.1 Å². The van der Waals surface area contributed by atoms with Crippen molar-refractivity contribution in [1.82, 2.24) is 0 Å². The van der Waals surface area contributed by atoms with E-state index in [0.29, 0.717) is 0 Å². The Hall–Kier alpha value is -1.96. The summed E-state index contributed by atoms with van der Waals surface area (Å²) in [5.41, 5.74) is 4.84. The fraction of sp³-hybridized carbons (Fsp3) is 0.294. The molecule has 19 heavy (non-hydrogen) atoms. The van der Waals surface area contributed by atoms with Crippen molar-refractivity contribution in [3.8, 4) is 5.75 Å². The van der Waals surface area contributed by atoms with Crippen LogP contribution in [0.15, 0.2) is 42.5 Å². The number of anilines is 1. The van der Waals surface area contributed by atoms with Gasteiger partial charge in [-0.3, -0.25) is 0 Å². The number of hydrogen-bond donors (Lipinski definition) is 1. The molecule has 2 heteroatoms. The van der Waals surface area contributed by atoms with E-state index in [1.807, 2.05) is 6.07 Å². The second kappa shape index (κ2) is 5.79. The van der Waals surface area contributed by atoms with Crippen molar-refractivity contribution >= 4 is 5.69 Å². The first-order valence-corrected chi connectivity index (χ1v) is 6.58. The fourth-order valence-corrected chi connectivity index (χ4v) is 2.16. The Labute approximate surface area is 115 Å². The lowest BCUT2D eigenvalue weighted by Gasteiger charge is -2.17. The molecule has 2 aromatic rings. The molecule has 0 aliphatic rings. The summed E-state index contributed by atoms with van der Waals surface area (Å²) >= 11 is 0. The maximum atomic E-state index is 5.27. The van der Waals surface area contributed by atoms with Crippen LogP contribution in [0.5, 0.6) is 5.75 Å². The Kier molecular flexibility index (Phi) is 4.10. The topological polar surface area (TPSA) is 21.3 Å². The van der Waals surface area contributed by atoms with E-state index in [9.17, 15) is 0 Å². The van der Waals surface area contributed by atoms with Gasteiger partial charge in [-0.2, -0.15) is 0 Å². The molecule has 0 aromatic heterocycles. The lowest BCUT2D eigenvalue weighted by atomic mass is 10.1. The highest BCUT2D eigenvalue weighted by Crippen LogP contribution is 2.25. The average Bonchev–Trinajstić information content (AvgIpc) is 2.39. The van der Waals surface area contributed by atoms with Gasteiger partial charge in [0.15, 0.2) is 0 Å². The van der Waals surface area contributed by atoms with E-state index < -0.39 is 0 Å². The standard InChI is InChI=1S/C17H21NO/c1-12-5-7-15(8-6-12)14(3)18-16-9-10-17(19-4)13(2)11-16/h5-11,14,18H,1-4H3. The van der Waals surface area contributed by atoms with Crippen LogP contribution in [0, 0.1) is 13.8 Å². The summed E-state index contributed by atoms with van der Waals surface area (Å²) < 4.78 is 5.27. The van der Waals surface area contributed by atoms with Crippen LogP contribution in [0.3, 0.4) is 0 Å². The van der Waals surface area contributed by atoms with Gasteiger partial charge in [0.2, 0.25) is 0 Å². The molecule has 1 atom stereocenters. The zero-order chi connectivity index (χ0) is 13.8. The Bertz CT molecular complexity index is 546. The van der Waals surface area contributed by atoms with Gasteiger partial charge < -0.3 is 10.1 Å². The van der Waals surface area contributed by atoms with E-state index in [4.69, 9.17) is 4.74 Å². The average molecular weight is 255 g/mol. The summed E-state index contributed by atoms with van der Waals surface area (Å²) in [4.78, 5) is 0. The SMILES string of the molecule is COc1ccc(NC(C)c2ccc(C)cc2)cc1C. The first-order valence-electron chi connectivity index (χ1n) is 6.58. The van der Waals surface area contributed by atoms with Gasteiger partial charge in [0.05, 0.1) is 7.11 Å². The number of rotatable bonds is 4. The van der Waals surface area contributed by atoms with Crippen molar-refractivity contribution in [3.05, 3.63) is 59.2 Å². The number of hydrogen-bond acceptors (Lipinski definition) is 2. The maximum Gasteiger partial charge on any atom is 0.121 e. The summed E-state index contributed by atoms with van der Waals surface area (Å²) in [7, 11) is 1.70. The molecule has 0 amide bonds. The maximum absolute atomic E-state index is 5.27. The van der Waals surface area contributed by atoms with Gasteiger partial charge in [-0.25, -0.2) is 0 Å². The molecule has 0 radical (unpaired) electrons. The molecule has 0 bridgehead atoms. The lowest BCUT2D eigenvalue weighted by Crippen LogP contribution is -2.06.